The van der Waals surface area contributed by atoms with Crippen LogP contribution in [0.3, 0.4) is 0 Å². The van der Waals surface area contributed by atoms with Crippen molar-refractivity contribution < 1.29 is 9.53 Å². The first kappa shape index (κ1) is 14.2. The molecular weight excluding hydrogens is 192 g/mol. The molecule has 0 saturated heterocycles. The Bertz CT molecular complexity index is 181. The molecule has 0 fully saturated rings. The summed E-state index contributed by atoms with van der Waals surface area (Å²) < 4.78 is 5.16. The van der Waals surface area contributed by atoms with Crippen LogP contribution in [0.1, 0.15) is 34.1 Å². The van der Waals surface area contributed by atoms with Gasteiger partial charge in [-0.05, 0) is 32.7 Å². The molecule has 0 radical (unpaired) electrons. The Balaban J connectivity index is 4.14. The Morgan fingerprint density at radius 1 is 1.33 bits per heavy atom. The molecule has 0 rings (SSSR count). The van der Waals surface area contributed by atoms with Gasteiger partial charge in [0.05, 0.1) is 6.10 Å². The molecule has 0 spiro atoms. The van der Waals surface area contributed by atoms with Crippen LogP contribution in [-0.4, -0.2) is 36.7 Å². The number of hydrogen-bond acceptors (Lipinski definition) is 3. The summed E-state index contributed by atoms with van der Waals surface area (Å²) in [6.45, 7) is 9.88. The van der Waals surface area contributed by atoms with E-state index in [0.29, 0.717) is 19.0 Å². The van der Waals surface area contributed by atoms with Gasteiger partial charge in [0.25, 0.3) is 0 Å². The van der Waals surface area contributed by atoms with Crippen molar-refractivity contribution in [2.45, 2.75) is 40.2 Å². The van der Waals surface area contributed by atoms with Crippen LogP contribution in [0.15, 0.2) is 0 Å². The molecule has 90 valence electrons. The molecule has 0 heterocycles. The fourth-order valence-corrected chi connectivity index (χ4v) is 1.26. The van der Waals surface area contributed by atoms with Gasteiger partial charge in [-0.15, -0.1) is 0 Å². The van der Waals surface area contributed by atoms with E-state index in [4.69, 9.17) is 10.5 Å². The van der Waals surface area contributed by atoms with Gasteiger partial charge in [-0.3, -0.25) is 0 Å². The van der Waals surface area contributed by atoms with Crippen molar-refractivity contribution in [2.75, 3.05) is 19.6 Å². The highest BCUT2D eigenvalue weighted by Crippen LogP contribution is 2.04. The number of rotatable bonds is 6. The number of nitrogens with two attached hydrogens (primary N) is 1. The number of amides is 1. The Kier molecular flexibility index (Phi) is 7.13. The third kappa shape index (κ3) is 7.19. The lowest BCUT2D eigenvalue weighted by atomic mass is 10.2. The number of carbonyl (C=O) groups excluding carboxylic acids is 1. The summed E-state index contributed by atoms with van der Waals surface area (Å²) in [6, 6.07) is 0. The SMILES string of the molecule is CC(C)CN(CCCN)C(=O)OC(C)C. The van der Waals surface area contributed by atoms with Crippen LogP contribution in [0.2, 0.25) is 0 Å². The van der Waals surface area contributed by atoms with Crippen molar-refractivity contribution in [1.29, 1.82) is 0 Å². The molecule has 0 bridgehead atoms. The normalized spacial score (nSPS) is 10.9. The van der Waals surface area contributed by atoms with E-state index in [2.05, 4.69) is 13.8 Å². The predicted octanol–water partition coefficient (Wildman–Crippen LogP) is 1.84. The van der Waals surface area contributed by atoms with Gasteiger partial charge in [-0.25, -0.2) is 4.79 Å². The molecule has 2 N–H and O–H groups in total. The van der Waals surface area contributed by atoms with Crippen molar-refractivity contribution in [3.05, 3.63) is 0 Å². The lowest BCUT2D eigenvalue weighted by Crippen LogP contribution is -2.37. The van der Waals surface area contributed by atoms with Crippen LogP contribution < -0.4 is 5.73 Å². The number of nitrogens with zero attached hydrogens (tertiary/aromatic N) is 1. The van der Waals surface area contributed by atoms with E-state index in [1.165, 1.54) is 0 Å². The van der Waals surface area contributed by atoms with Crippen LogP contribution in [0.25, 0.3) is 0 Å². The smallest absolute Gasteiger partial charge is 0.410 e. The van der Waals surface area contributed by atoms with E-state index >= 15 is 0 Å². The first-order valence-electron chi connectivity index (χ1n) is 5.63. The maximum absolute atomic E-state index is 11.7. The standard InChI is InChI=1S/C11H24N2O2/c1-9(2)8-13(7-5-6-12)11(14)15-10(3)4/h9-10H,5-8,12H2,1-4H3. The molecule has 0 aromatic heterocycles. The maximum atomic E-state index is 11.7. The van der Waals surface area contributed by atoms with Crippen molar-refractivity contribution >= 4 is 6.09 Å². The van der Waals surface area contributed by atoms with Gasteiger partial charge >= 0.3 is 6.09 Å². The molecule has 0 aromatic carbocycles. The highest BCUT2D eigenvalue weighted by atomic mass is 16.6. The molecular formula is C11H24N2O2. The molecule has 0 aliphatic heterocycles. The first-order chi connectivity index (χ1) is 6.97. The molecule has 15 heavy (non-hydrogen) atoms. The third-order valence-electron chi connectivity index (χ3n) is 1.81. The highest BCUT2D eigenvalue weighted by Gasteiger charge is 2.16. The minimum Gasteiger partial charge on any atom is -0.447 e. The monoisotopic (exact) mass is 216 g/mol. The Labute approximate surface area is 92.8 Å². The number of carbonyl (C=O) groups is 1. The molecule has 0 aromatic rings. The summed E-state index contributed by atoms with van der Waals surface area (Å²) in [5.41, 5.74) is 5.43. The molecule has 4 nitrogen and oxygen atoms in total. The van der Waals surface area contributed by atoms with Gasteiger partial charge in [0.2, 0.25) is 0 Å². The van der Waals surface area contributed by atoms with Crippen LogP contribution in [0.4, 0.5) is 4.79 Å². The van der Waals surface area contributed by atoms with Gasteiger partial charge in [0.1, 0.15) is 0 Å². The molecule has 0 aliphatic carbocycles. The largest absolute Gasteiger partial charge is 0.447 e. The summed E-state index contributed by atoms with van der Waals surface area (Å²) >= 11 is 0. The van der Waals surface area contributed by atoms with Crippen molar-refractivity contribution in [2.24, 2.45) is 11.7 Å². The predicted molar refractivity (Wildman–Crippen MR) is 61.7 cm³/mol. The van der Waals surface area contributed by atoms with E-state index in [1.807, 2.05) is 13.8 Å². The van der Waals surface area contributed by atoms with E-state index in [1.54, 1.807) is 4.90 Å². The average Bonchev–Trinajstić information content (AvgIpc) is 2.10. The van der Waals surface area contributed by atoms with Crippen molar-refractivity contribution in [1.82, 2.24) is 4.90 Å². The van der Waals surface area contributed by atoms with Gasteiger partial charge in [-0.1, -0.05) is 13.8 Å². The minimum atomic E-state index is -0.229. The van der Waals surface area contributed by atoms with Crippen LogP contribution in [-0.2, 0) is 4.74 Å². The Morgan fingerprint density at radius 2 is 1.93 bits per heavy atom. The summed E-state index contributed by atoms with van der Waals surface area (Å²) in [7, 11) is 0. The number of hydrogen-bond donors (Lipinski definition) is 1. The summed E-state index contributed by atoms with van der Waals surface area (Å²) in [4.78, 5) is 13.4. The lowest BCUT2D eigenvalue weighted by Gasteiger charge is -2.24. The van der Waals surface area contributed by atoms with Gasteiger partial charge in [0, 0.05) is 13.1 Å². The van der Waals surface area contributed by atoms with Crippen LogP contribution >= 0.6 is 0 Å². The second-order valence-electron chi connectivity index (χ2n) is 4.41. The summed E-state index contributed by atoms with van der Waals surface area (Å²) in [5.74, 6) is 0.447. The van der Waals surface area contributed by atoms with Crippen LogP contribution in [0.5, 0.6) is 0 Å². The second-order valence-corrected chi connectivity index (χ2v) is 4.41. The Hall–Kier alpha value is -0.770. The quantitative estimate of drug-likeness (QED) is 0.737. The zero-order valence-corrected chi connectivity index (χ0v) is 10.3. The minimum absolute atomic E-state index is 0.0648. The average molecular weight is 216 g/mol. The molecule has 0 atom stereocenters. The molecule has 0 unspecified atom stereocenters. The van der Waals surface area contributed by atoms with Gasteiger partial charge in [0.15, 0.2) is 0 Å². The topological polar surface area (TPSA) is 55.6 Å². The highest BCUT2D eigenvalue weighted by molar-refractivity contribution is 5.67. The lowest BCUT2D eigenvalue weighted by molar-refractivity contribution is 0.0731. The zero-order valence-electron chi connectivity index (χ0n) is 10.3. The second kappa shape index (κ2) is 7.51. The maximum Gasteiger partial charge on any atom is 0.410 e. The summed E-state index contributed by atoms with van der Waals surface area (Å²) in [6.07, 6.45) is 0.525. The Morgan fingerprint density at radius 3 is 2.33 bits per heavy atom. The van der Waals surface area contributed by atoms with E-state index in [-0.39, 0.29) is 12.2 Å². The third-order valence-corrected chi connectivity index (χ3v) is 1.81. The fourth-order valence-electron chi connectivity index (χ4n) is 1.26. The van der Waals surface area contributed by atoms with Gasteiger partial charge < -0.3 is 15.4 Å². The molecule has 0 saturated carbocycles. The molecule has 0 aliphatic rings. The van der Waals surface area contributed by atoms with Crippen molar-refractivity contribution in [3.63, 3.8) is 0 Å². The van der Waals surface area contributed by atoms with Gasteiger partial charge in [-0.2, -0.15) is 0 Å². The summed E-state index contributed by atoms with van der Waals surface area (Å²) in [5, 5.41) is 0. The van der Waals surface area contributed by atoms with Crippen LogP contribution in [0, 0.1) is 5.92 Å². The zero-order chi connectivity index (χ0) is 11.8. The first-order valence-corrected chi connectivity index (χ1v) is 5.63. The van der Waals surface area contributed by atoms with Crippen molar-refractivity contribution in [3.8, 4) is 0 Å². The van der Waals surface area contributed by atoms with E-state index in [0.717, 1.165) is 13.0 Å². The van der Waals surface area contributed by atoms with E-state index in [9.17, 15) is 4.79 Å². The molecule has 4 heteroatoms. The fraction of sp³-hybridized carbons (Fsp3) is 0.909. The molecule has 1 amide bonds. The number of ether oxygens (including phenoxy) is 1. The van der Waals surface area contributed by atoms with E-state index < -0.39 is 0 Å².